The van der Waals surface area contributed by atoms with E-state index in [1.807, 2.05) is 12.4 Å². The van der Waals surface area contributed by atoms with Crippen LogP contribution in [0.5, 0.6) is 17.2 Å². The molecule has 8 bridgehead atoms. The van der Waals surface area contributed by atoms with Crippen LogP contribution in [0.2, 0.25) is 0 Å². The summed E-state index contributed by atoms with van der Waals surface area (Å²) < 4.78 is 19.3. The summed E-state index contributed by atoms with van der Waals surface area (Å²) in [5.74, 6) is 2.67. The molecule has 7 aromatic rings. The molecule has 6 heterocycles. The molecule has 0 aliphatic carbocycles. The number of pyridine rings is 1. The molecule has 0 atom stereocenters. The highest BCUT2D eigenvalue weighted by molar-refractivity contribution is 6.00. The Morgan fingerprint density at radius 3 is 0.619 bits per heavy atom. The van der Waals surface area contributed by atoms with Gasteiger partial charge in [0.05, 0.1) is 42.6 Å². The first-order valence-electron chi connectivity index (χ1n) is 43.4. The van der Waals surface area contributed by atoms with Crippen molar-refractivity contribution < 1.29 is 14.2 Å². The smallest absolute Gasteiger partial charge is 0.119 e. The number of rotatable bonds is 58. The van der Waals surface area contributed by atoms with E-state index in [-0.39, 0.29) is 0 Å². The van der Waals surface area contributed by atoms with E-state index in [2.05, 4.69) is 169 Å². The molecule has 0 saturated carbocycles. The average molecular weight is 1420 g/mol. The molecule has 568 valence electrons. The summed E-state index contributed by atoms with van der Waals surface area (Å²) in [5, 5.41) is 0. The molecule has 8 heteroatoms. The van der Waals surface area contributed by atoms with Crippen molar-refractivity contribution in [3.8, 4) is 61.8 Å². The Kier molecular flexibility index (Phi) is 39.3. The third-order valence-electron chi connectivity index (χ3n) is 22.0. The van der Waals surface area contributed by atoms with Gasteiger partial charge in [-0.25, -0.2) is 9.97 Å². The number of nitrogens with zero attached hydrogens (tertiary/aromatic N) is 3. The minimum absolute atomic E-state index is 0.721. The lowest BCUT2D eigenvalue weighted by molar-refractivity contribution is 0.304. The molecule has 0 amide bonds. The molecule has 0 spiro atoms. The van der Waals surface area contributed by atoms with Gasteiger partial charge in [0.1, 0.15) is 17.2 Å². The van der Waals surface area contributed by atoms with Gasteiger partial charge in [-0.05, 0) is 139 Å². The van der Waals surface area contributed by atoms with Crippen LogP contribution in [-0.2, 0) is 0 Å². The molecular weight excluding hydrogens is 1280 g/mol. The average Bonchev–Trinajstić information content (AvgIpc) is 1.72. The van der Waals surface area contributed by atoms with Crippen LogP contribution in [0.1, 0.15) is 352 Å². The molecule has 0 saturated heterocycles. The molecule has 9 rings (SSSR count). The monoisotopic (exact) mass is 1420 g/mol. The summed E-state index contributed by atoms with van der Waals surface area (Å²) in [7, 11) is 0. The van der Waals surface area contributed by atoms with Crippen molar-refractivity contribution in [3.05, 3.63) is 144 Å². The molecule has 2 N–H and O–H groups in total. The van der Waals surface area contributed by atoms with Crippen LogP contribution in [0.4, 0.5) is 0 Å². The van der Waals surface area contributed by atoms with Gasteiger partial charge in [-0.2, -0.15) is 0 Å². The molecule has 2 aliphatic heterocycles. The third-order valence-corrected chi connectivity index (χ3v) is 22.0. The molecule has 4 aromatic heterocycles. The van der Waals surface area contributed by atoms with E-state index in [9.17, 15) is 0 Å². The molecule has 8 nitrogen and oxygen atoms in total. The molecule has 2 aliphatic rings. The van der Waals surface area contributed by atoms with E-state index >= 15 is 0 Å². The fraction of sp³-hybridized carbons (Fsp3) is 0.557. The van der Waals surface area contributed by atoms with E-state index in [1.165, 1.54) is 289 Å². The van der Waals surface area contributed by atoms with Crippen LogP contribution < -0.4 is 14.2 Å². The van der Waals surface area contributed by atoms with E-state index in [1.54, 1.807) is 0 Å². The van der Waals surface area contributed by atoms with Gasteiger partial charge in [-0.3, -0.25) is 4.98 Å². The fourth-order valence-electron chi connectivity index (χ4n) is 15.6. The summed E-state index contributed by atoms with van der Waals surface area (Å²) >= 11 is 0. The van der Waals surface area contributed by atoms with Gasteiger partial charge in [0.2, 0.25) is 0 Å². The van der Waals surface area contributed by atoms with Crippen molar-refractivity contribution >= 4 is 46.4 Å². The zero-order valence-corrected chi connectivity index (χ0v) is 66.0. The van der Waals surface area contributed by atoms with Crippen molar-refractivity contribution in [2.45, 2.75) is 329 Å². The van der Waals surface area contributed by atoms with E-state index in [0.717, 1.165) is 146 Å². The number of benzene rings is 3. The Hall–Kier alpha value is -7.19. The Morgan fingerprint density at radius 1 is 0.219 bits per heavy atom. The van der Waals surface area contributed by atoms with Crippen molar-refractivity contribution in [2.75, 3.05) is 19.8 Å². The fourth-order valence-corrected chi connectivity index (χ4v) is 15.6. The largest absolute Gasteiger partial charge is 0.494 e. The second-order valence-corrected chi connectivity index (χ2v) is 30.8. The van der Waals surface area contributed by atoms with Gasteiger partial charge in [-0.1, -0.05) is 346 Å². The molecule has 0 unspecified atom stereocenters. The van der Waals surface area contributed by atoms with Gasteiger partial charge in [0, 0.05) is 56.7 Å². The minimum atomic E-state index is 0.721. The summed E-state index contributed by atoms with van der Waals surface area (Å²) in [5.41, 5.74) is 15.5. The van der Waals surface area contributed by atoms with Crippen molar-refractivity contribution in [2.24, 2.45) is 0 Å². The molecular formula is C97H137N5O3. The number of aromatic nitrogens is 5. The lowest BCUT2D eigenvalue weighted by Gasteiger charge is -2.10. The number of H-pyrrole nitrogens is 2. The normalized spacial score (nSPS) is 11.9. The first-order valence-corrected chi connectivity index (χ1v) is 43.4. The number of hydrogen-bond acceptors (Lipinski definition) is 6. The van der Waals surface area contributed by atoms with Gasteiger partial charge >= 0.3 is 0 Å². The SMILES string of the molecule is CCCCCCCCCCCCCCCCCCOc1ccc(-c2c3nc(c(-c4ccc(OCCCCCCCCCCCCCCCCCC)cc4)c4ccc([nH]4)c(-c4ccc(OCCCCCCCCCCCCCCCCCC)cc4)c4nc(c(-c5ccncc5)c5ccc2[nH]5)C=C4)C=C3)cc1. The Balaban J connectivity index is 0.903. The number of nitrogens with one attached hydrogen (secondary N) is 2. The molecule has 105 heavy (non-hydrogen) atoms. The highest BCUT2D eigenvalue weighted by Gasteiger charge is 2.20. The Labute approximate surface area is 636 Å². The lowest BCUT2D eigenvalue weighted by atomic mass is 10.0. The van der Waals surface area contributed by atoms with Crippen LogP contribution in [0.15, 0.2) is 122 Å². The number of unbranched alkanes of at least 4 members (excludes halogenated alkanes) is 45. The second-order valence-electron chi connectivity index (χ2n) is 30.8. The molecule has 0 radical (unpaired) electrons. The Bertz CT molecular complexity index is 3610. The maximum absolute atomic E-state index is 6.46. The Morgan fingerprint density at radius 2 is 0.410 bits per heavy atom. The van der Waals surface area contributed by atoms with E-state index in [0.29, 0.717) is 0 Å². The topological polar surface area (TPSA) is 97.9 Å². The van der Waals surface area contributed by atoms with E-state index < -0.39 is 0 Å². The summed E-state index contributed by atoms with van der Waals surface area (Å²) in [6, 6.07) is 39.0. The quantitative estimate of drug-likeness (QED) is 0.0369. The van der Waals surface area contributed by atoms with Crippen LogP contribution in [0.3, 0.4) is 0 Å². The minimum Gasteiger partial charge on any atom is -0.494 e. The van der Waals surface area contributed by atoms with Gasteiger partial charge < -0.3 is 24.2 Å². The van der Waals surface area contributed by atoms with Crippen LogP contribution >= 0.6 is 0 Å². The number of ether oxygens (including phenoxy) is 3. The first kappa shape index (κ1) is 81.9. The van der Waals surface area contributed by atoms with Crippen molar-refractivity contribution in [1.29, 1.82) is 0 Å². The summed E-state index contributed by atoms with van der Waals surface area (Å²) in [4.78, 5) is 23.6. The van der Waals surface area contributed by atoms with Crippen LogP contribution in [0, 0.1) is 0 Å². The maximum Gasteiger partial charge on any atom is 0.119 e. The summed E-state index contributed by atoms with van der Waals surface area (Å²) in [6.07, 6.45) is 77.5. The molecule has 3 aromatic carbocycles. The number of hydrogen-bond donors (Lipinski definition) is 2. The van der Waals surface area contributed by atoms with Crippen LogP contribution in [-0.4, -0.2) is 44.7 Å². The number of aromatic amines is 2. The standard InChI is InChI=1S/C97H137N5O3/c1-4-7-10-13-16-19-22-25-28-31-34-37-40-43-46-49-76-103-83-58-52-79(53-59-83)94-86-64-66-88(99-86)95(80-54-60-84(61-55-80)104-77-50-47-44-41-38-35-32-29-26-23-20-17-14-11-8-5-2)90-68-70-92(101-90)97(82-72-74-98-75-73-82)93-71-69-91(102-93)96(89-67-65-87(94)100-89)81-56-62-85(63-57-81)105-78-51-48-45-42-39-36-33-30-27-24-21-18-15-12-9-6-3/h52-75,99,102H,4-51,76-78H2,1-3H3. The lowest BCUT2D eigenvalue weighted by Crippen LogP contribution is -1.97. The predicted molar refractivity (Wildman–Crippen MR) is 454 cm³/mol. The zero-order valence-electron chi connectivity index (χ0n) is 66.0. The first-order chi connectivity index (χ1) is 52.1. The highest BCUT2D eigenvalue weighted by Crippen LogP contribution is 2.40. The highest BCUT2D eigenvalue weighted by atomic mass is 16.5. The maximum atomic E-state index is 6.46. The summed E-state index contributed by atoms with van der Waals surface area (Å²) in [6.45, 7) is 9.07. The van der Waals surface area contributed by atoms with E-state index in [4.69, 9.17) is 24.2 Å². The molecule has 0 fully saturated rings. The number of fused-ring (bicyclic) bond motifs is 8. The van der Waals surface area contributed by atoms with Gasteiger partial charge in [-0.15, -0.1) is 0 Å². The van der Waals surface area contributed by atoms with Crippen molar-refractivity contribution in [1.82, 2.24) is 24.9 Å². The zero-order chi connectivity index (χ0) is 72.7. The van der Waals surface area contributed by atoms with Crippen LogP contribution in [0.25, 0.3) is 90.9 Å². The third kappa shape index (κ3) is 29.5. The van der Waals surface area contributed by atoms with Crippen molar-refractivity contribution in [3.63, 3.8) is 0 Å². The van der Waals surface area contributed by atoms with Gasteiger partial charge in [0.25, 0.3) is 0 Å². The van der Waals surface area contributed by atoms with Gasteiger partial charge in [0.15, 0.2) is 0 Å². The predicted octanol–water partition coefficient (Wildman–Crippen LogP) is 30.6. The second kappa shape index (κ2) is 50.4.